The van der Waals surface area contributed by atoms with E-state index in [2.05, 4.69) is 49.2 Å². The highest BCUT2D eigenvalue weighted by Gasteiger charge is 2.09. The summed E-state index contributed by atoms with van der Waals surface area (Å²) >= 11 is 0. The minimum Gasteiger partial charge on any atom is -0.382 e. The molecule has 0 atom stereocenters. The van der Waals surface area contributed by atoms with Crippen LogP contribution in [0.4, 0.5) is 0 Å². The van der Waals surface area contributed by atoms with Crippen molar-refractivity contribution in [2.45, 2.75) is 6.92 Å². The number of nitrogens with one attached hydrogen (secondary N) is 1. The van der Waals surface area contributed by atoms with E-state index < -0.39 is 0 Å². The second kappa shape index (κ2) is 3.09. The standard InChI is InChI=1S/C12H13N/c1-9-3-5-11(6-4-9)12-7-8-13-10(12)2/h3-7,13H,2,8H2,1H3. The lowest BCUT2D eigenvalue weighted by molar-refractivity contribution is 0.989. The topological polar surface area (TPSA) is 12.0 Å². The Labute approximate surface area is 78.8 Å². The fraction of sp³-hybridized carbons (Fsp3) is 0.167. The van der Waals surface area contributed by atoms with Crippen molar-refractivity contribution in [1.29, 1.82) is 0 Å². The maximum atomic E-state index is 3.96. The number of rotatable bonds is 1. The molecule has 66 valence electrons. The highest BCUT2D eigenvalue weighted by atomic mass is 14.9. The maximum Gasteiger partial charge on any atom is 0.0346 e. The second-order valence-electron chi connectivity index (χ2n) is 3.34. The minimum atomic E-state index is 0.905. The predicted molar refractivity (Wildman–Crippen MR) is 56.3 cm³/mol. The first-order valence-corrected chi connectivity index (χ1v) is 4.48. The van der Waals surface area contributed by atoms with Crippen LogP contribution in [0, 0.1) is 6.92 Å². The van der Waals surface area contributed by atoms with E-state index in [4.69, 9.17) is 0 Å². The van der Waals surface area contributed by atoms with Crippen LogP contribution < -0.4 is 5.32 Å². The van der Waals surface area contributed by atoms with Crippen LogP contribution in [-0.4, -0.2) is 6.54 Å². The van der Waals surface area contributed by atoms with Crippen LogP contribution in [0.15, 0.2) is 42.6 Å². The number of allylic oxidation sites excluding steroid dienone is 1. The molecule has 2 rings (SSSR count). The zero-order valence-electron chi connectivity index (χ0n) is 7.80. The number of hydrogen-bond acceptors (Lipinski definition) is 1. The zero-order valence-corrected chi connectivity index (χ0v) is 7.80. The lowest BCUT2D eigenvalue weighted by Gasteiger charge is -2.04. The van der Waals surface area contributed by atoms with Crippen LogP contribution in [0.5, 0.6) is 0 Å². The molecule has 0 bridgehead atoms. The number of benzene rings is 1. The summed E-state index contributed by atoms with van der Waals surface area (Å²) < 4.78 is 0. The van der Waals surface area contributed by atoms with Crippen molar-refractivity contribution in [3.8, 4) is 0 Å². The first kappa shape index (κ1) is 8.11. The van der Waals surface area contributed by atoms with Crippen molar-refractivity contribution < 1.29 is 0 Å². The second-order valence-corrected chi connectivity index (χ2v) is 3.34. The van der Waals surface area contributed by atoms with Crippen molar-refractivity contribution in [2.75, 3.05) is 6.54 Å². The van der Waals surface area contributed by atoms with E-state index in [1.807, 2.05) is 0 Å². The van der Waals surface area contributed by atoms with Gasteiger partial charge in [0.1, 0.15) is 0 Å². The molecule has 1 heterocycles. The molecule has 0 unspecified atom stereocenters. The first-order valence-electron chi connectivity index (χ1n) is 4.48. The van der Waals surface area contributed by atoms with Crippen LogP contribution in [0.1, 0.15) is 11.1 Å². The Morgan fingerprint density at radius 3 is 2.46 bits per heavy atom. The SMILES string of the molecule is C=C1NCC=C1c1ccc(C)cc1. The van der Waals surface area contributed by atoms with Crippen molar-refractivity contribution in [3.63, 3.8) is 0 Å². The normalized spacial score (nSPS) is 15.5. The molecule has 0 spiro atoms. The van der Waals surface area contributed by atoms with E-state index in [1.165, 1.54) is 16.7 Å². The fourth-order valence-corrected chi connectivity index (χ4v) is 1.52. The predicted octanol–water partition coefficient (Wildman–Crippen LogP) is 2.50. The van der Waals surface area contributed by atoms with Gasteiger partial charge in [0.25, 0.3) is 0 Å². The summed E-state index contributed by atoms with van der Waals surface area (Å²) in [5, 5.41) is 3.20. The Balaban J connectivity index is 2.36. The van der Waals surface area contributed by atoms with Gasteiger partial charge in [-0.2, -0.15) is 0 Å². The van der Waals surface area contributed by atoms with Gasteiger partial charge in [-0.25, -0.2) is 0 Å². The molecular formula is C12H13N. The molecule has 1 aliphatic heterocycles. The summed E-state index contributed by atoms with van der Waals surface area (Å²) in [7, 11) is 0. The molecule has 1 heteroatoms. The molecule has 0 saturated carbocycles. The van der Waals surface area contributed by atoms with E-state index in [0.29, 0.717) is 0 Å². The lowest BCUT2D eigenvalue weighted by atomic mass is 10.0. The van der Waals surface area contributed by atoms with Gasteiger partial charge in [0, 0.05) is 17.8 Å². The van der Waals surface area contributed by atoms with E-state index in [1.54, 1.807) is 0 Å². The van der Waals surface area contributed by atoms with Crippen molar-refractivity contribution in [3.05, 3.63) is 53.7 Å². The van der Waals surface area contributed by atoms with Crippen LogP contribution in [-0.2, 0) is 0 Å². The minimum absolute atomic E-state index is 0.905. The van der Waals surface area contributed by atoms with Crippen molar-refractivity contribution >= 4 is 5.57 Å². The Morgan fingerprint density at radius 1 is 1.23 bits per heavy atom. The molecule has 1 aromatic carbocycles. The monoisotopic (exact) mass is 171 g/mol. The van der Waals surface area contributed by atoms with E-state index in [9.17, 15) is 0 Å². The summed E-state index contributed by atoms with van der Waals surface area (Å²) in [6.45, 7) is 6.96. The average molecular weight is 171 g/mol. The largest absolute Gasteiger partial charge is 0.382 e. The van der Waals surface area contributed by atoms with Gasteiger partial charge in [-0.15, -0.1) is 0 Å². The molecule has 0 amide bonds. The van der Waals surface area contributed by atoms with Gasteiger partial charge in [0.15, 0.2) is 0 Å². The Bertz CT molecular complexity index is 357. The first-order chi connectivity index (χ1) is 6.27. The van der Waals surface area contributed by atoms with Gasteiger partial charge in [0.05, 0.1) is 0 Å². The molecule has 0 fully saturated rings. The molecule has 0 saturated heterocycles. The van der Waals surface area contributed by atoms with Gasteiger partial charge in [0.2, 0.25) is 0 Å². The summed E-state index contributed by atoms with van der Waals surface area (Å²) in [6.07, 6.45) is 2.17. The molecule has 1 nitrogen and oxygen atoms in total. The van der Waals surface area contributed by atoms with Gasteiger partial charge >= 0.3 is 0 Å². The molecule has 13 heavy (non-hydrogen) atoms. The van der Waals surface area contributed by atoms with Gasteiger partial charge in [-0.3, -0.25) is 0 Å². The van der Waals surface area contributed by atoms with E-state index >= 15 is 0 Å². The maximum absolute atomic E-state index is 3.96. The highest BCUT2D eigenvalue weighted by molar-refractivity contribution is 5.80. The van der Waals surface area contributed by atoms with Crippen molar-refractivity contribution in [1.82, 2.24) is 5.32 Å². The molecule has 1 aromatic rings. The molecule has 0 radical (unpaired) electrons. The number of hydrogen-bond donors (Lipinski definition) is 1. The molecule has 1 aliphatic rings. The third-order valence-electron chi connectivity index (χ3n) is 2.31. The molecule has 0 aromatic heterocycles. The fourth-order valence-electron chi connectivity index (χ4n) is 1.52. The van der Waals surface area contributed by atoms with E-state index in [0.717, 1.165) is 12.2 Å². The van der Waals surface area contributed by atoms with Gasteiger partial charge in [-0.1, -0.05) is 42.5 Å². The van der Waals surface area contributed by atoms with Crippen LogP contribution in [0.3, 0.4) is 0 Å². The van der Waals surface area contributed by atoms with Crippen molar-refractivity contribution in [2.24, 2.45) is 0 Å². The summed E-state index contributed by atoms with van der Waals surface area (Å²) in [5.41, 5.74) is 4.81. The van der Waals surface area contributed by atoms with Crippen LogP contribution in [0.25, 0.3) is 5.57 Å². The quantitative estimate of drug-likeness (QED) is 0.684. The zero-order chi connectivity index (χ0) is 9.26. The smallest absolute Gasteiger partial charge is 0.0346 e. The number of aryl methyl sites for hydroxylation is 1. The third-order valence-corrected chi connectivity index (χ3v) is 2.31. The van der Waals surface area contributed by atoms with E-state index in [-0.39, 0.29) is 0 Å². The lowest BCUT2D eigenvalue weighted by Crippen LogP contribution is -2.04. The highest BCUT2D eigenvalue weighted by Crippen LogP contribution is 2.23. The molecule has 0 aliphatic carbocycles. The van der Waals surface area contributed by atoms with Crippen LogP contribution >= 0.6 is 0 Å². The Hall–Kier alpha value is -1.50. The Morgan fingerprint density at radius 2 is 1.92 bits per heavy atom. The summed E-state index contributed by atoms with van der Waals surface area (Å²) in [6, 6.07) is 8.53. The van der Waals surface area contributed by atoms with Gasteiger partial charge in [-0.05, 0) is 12.5 Å². The van der Waals surface area contributed by atoms with Crippen LogP contribution in [0.2, 0.25) is 0 Å². The molecular weight excluding hydrogens is 158 g/mol. The average Bonchev–Trinajstić information content (AvgIpc) is 2.53. The molecule has 1 N–H and O–H groups in total. The summed E-state index contributed by atoms with van der Waals surface area (Å²) in [4.78, 5) is 0. The van der Waals surface area contributed by atoms with Gasteiger partial charge < -0.3 is 5.32 Å². The Kier molecular flexibility index (Phi) is 1.93. The third kappa shape index (κ3) is 1.50. The summed E-state index contributed by atoms with van der Waals surface area (Å²) in [5.74, 6) is 0.